The summed E-state index contributed by atoms with van der Waals surface area (Å²) in [4.78, 5) is 10.7. The molecule has 2 heterocycles. The van der Waals surface area contributed by atoms with E-state index >= 15 is 0 Å². The van der Waals surface area contributed by atoms with Gasteiger partial charge in [0.1, 0.15) is 0 Å². The lowest BCUT2D eigenvalue weighted by molar-refractivity contribution is 0.724. The highest BCUT2D eigenvalue weighted by Crippen LogP contribution is 2.06. The van der Waals surface area contributed by atoms with Crippen LogP contribution >= 0.6 is 24.8 Å². The fraction of sp³-hybridized carbons (Fsp3) is 0.556. The second kappa shape index (κ2) is 7.68. The molecule has 0 spiro atoms. The van der Waals surface area contributed by atoms with Gasteiger partial charge in [0.05, 0.1) is 0 Å². The Morgan fingerprint density at radius 1 is 1.07 bits per heavy atom. The topological polar surface area (TPSA) is 41.1 Å². The van der Waals surface area contributed by atoms with Crippen LogP contribution in [0.1, 0.15) is 6.42 Å². The zero-order valence-electron chi connectivity index (χ0n) is 8.43. The van der Waals surface area contributed by atoms with E-state index < -0.39 is 0 Å². The van der Waals surface area contributed by atoms with Gasteiger partial charge < -0.3 is 10.2 Å². The maximum absolute atomic E-state index is 4.23. The summed E-state index contributed by atoms with van der Waals surface area (Å²) in [5.41, 5.74) is 0. The second-order valence-electron chi connectivity index (χ2n) is 3.14. The molecule has 15 heavy (non-hydrogen) atoms. The Kier molecular flexibility index (Phi) is 7.38. The van der Waals surface area contributed by atoms with Crippen molar-refractivity contribution in [3.8, 4) is 0 Å². The summed E-state index contributed by atoms with van der Waals surface area (Å²) in [6, 6.07) is 1.85. The molecule has 0 atom stereocenters. The van der Waals surface area contributed by atoms with Gasteiger partial charge in [-0.05, 0) is 19.0 Å². The van der Waals surface area contributed by atoms with Gasteiger partial charge in [-0.3, -0.25) is 0 Å². The number of halogens is 2. The van der Waals surface area contributed by atoms with E-state index in [9.17, 15) is 0 Å². The van der Waals surface area contributed by atoms with Crippen LogP contribution in [-0.4, -0.2) is 36.1 Å². The summed E-state index contributed by atoms with van der Waals surface area (Å²) >= 11 is 0. The first-order chi connectivity index (χ1) is 6.47. The van der Waals surface area contributed by atoms with Crippen molar-refractivity contribution in [1.29, 1.82) is 0 Å². The van der Waals surface area contributed by atoms with Crippen LogP contribution in [0.15, 0.2) is 18.5 Å². The minimum absolute atomic E-state index is 0. The highest BCUT2D eigenvalue weighted by Gasteiger charge is 2.10. The first-order valence-electron chi connectivity index (χ1n) is 4.69. The average molecular weight is 251 g/mol. The Morgan fingerprint density at radius 3 is 2.53 bits per heavy atom. The summed E-state index contributed by atoms with van der Waals surface area (Å²) in [6.07, 6.45) is 4.75. The number of anilines is 1. The molecule has 1 aromatic heterocycles. The van der Waals surface area contributed by atoms with Gasteiger partial charge in [-0.2, -0.15) is 0 Å². The molecule has 2 rings (SSSR count). The third kappa shape index (κ3) is 4.20. The minimum atomic E-state index is 0. The van der Waals surface area contributed by atoms with Gasteiger partial charge in [-0.25, -0.2) is 9.97 Å². The Balaban J connectivity index is 0.000000980. The molecule has 0 aromatic carbocycles. The van der Waals surface area contributed by atoms with Gasteiger partial charge in [0, 0.05) is 32.0 Å². The van der Waals surface area contributed by atoms with Crippen LogP contribution < -0.4 is 10.2 Å². The van der Waals surface area contributed by atoms with Gasteiger partial charge in [-0.1, -0.05) is 0 Å². The molecule has 0 saturated carbocycles. The summed E-state index contributed by atoms with van der Waals surface area (Å²) in [5.74, 6) is 0.853. The summed E-state index contributed by atoms with van der Waals surface area (Å²) in [7, 11) is 0. The molecule has 1 saturated heterocycles. The van der Waals surface area contributed by atoms with Crippen molar-refractivity contribution in [3.63, 3.8) is 0 Å². The van der Waals surface area contributed by atoms with E-state index in [1.54, 1.807) is 12.4 Å². The van der Waals surface area contributed by atoms with Crippen molar-refractivity contribution in [2.24, 2.45) is 0 Å². The quantitative estimate of drug-likeness (QED) is 0.812. The summed E-state index contributed by atoms with van der Waals surface area (Å²) in [5, 5.41) is 3.35. The minimum Gasteiger partial charge on any atom is -0.340 e. The normalized spacial score (nSPS) is 15.9. The zero-order chi connectivity index (χ0) is 8.93. The van der Waals surface area contributed by atoms with Crippen LogP contribution in [0.3, 0.4) is 0 Å². The maximum atomic E-state index is 4.23. The van der Waals surface area contributed by atoms with E-state index in [4.69, 9.17) is 0 Å². The number of hydrogen-bond acceptors (Lipinski definition) is 4. The molecule has 0 amide bonds. The van der Waals surface area contributed by atoms with E-state index in [2.05, 4.69) is 20.2 Å². The highest BCUT2D eigenvalue weighted by molar-refractivity contribution is 5.85. The average Bonchev–Trinajstić information content (AvgIpc) is 2.47. The van der Waals surface area contributed by atoms with E-state index in [1.807, 2.05) is 6.07 Å². The smallest absolute Gasteiger partial charge is 0.225 e. The molecule has 0 radical (unpaired) electrons. The molecule has 4 nitrogen and oxygen atoms in total. The van der Waals surface area contributed by atoms with Crippen molar-refractivity contribution in [1.82, 2.24) is 15.3 Å². The van der Waals surface area contributed by atoms with Crippen LogP contribution in [0.2, 0.25) is 0 Å². The van der Waals surface area contributed by atoms with Crippen molar-refractivity contribution < 1.29 is 0 Å². The fourth-order valence-corrected chi connectivity index (χ4v) is 1.50. The molecule has 0 aliphatic carbocycles. The lowest BCUT2D eigenvalue weighted by atomic mass is 10.4. The molecule has 0 unspecified atom stereocenters. The first kappa shape index (κ1) is 14.4. The lowest BCUT2D eigenvalue weighted by Crippen LogP contribution is -2.29. The fourth-order valence-electron chi connectivity index (χ4n) is 1.50. The summed E-state index contributed by atoms with van der Waals surface area (Å²) < 4.78 is 0. The monoisotopic (exact) mass is 250 g/mol. The van der Waals surface area contributed by atoms with Crippen molar-refractivity contribution in [2.75, 3.05) is 31.1 Å². The van der Waals surface area contributed by atoms with Crippen molar-refractivity contribution in [3.05, 3.63) is 18.5 Å². The van der Waals surface area contributed by atoms with E-state index in [0.717, 1.165) is 38.5 Å². The van der Waals surface area contributed by atoms with E-state index in [-0.39, 0.29) is 24.8 Å². The molecule has 86 valence electrons. The van der Waals surface area contributed by atoms with Crippen molar-refractivity contribution >= 4 is 30.8 Å². The molecule has 1 aliphatic heterocycles. The highest BCUT2D eigenvalue weighted by atomic mass is 35.5. The molecule has 1 N–H and O–H groups in total. The molecule has 6 heteroatoms. The maximum Gasteiger partial charge on any atom is 0.225 e. The third-order valence-corrected chi connectivity index (χ3v) is 2.18. The predicted molar refractivity (Wildman–Crippen MR) is 66.2 cm³/mol. The van der Waals surface area contributed by atoms with E-state index in [1.165, 1.54) is 0 Å². The van der Waals surface area contributed by atoms with Gasteiger partial charge in [-0.15, -0.1) is 24.8 Å². The number of nitrogens with one attached hydrogen (secondary N) is 1. The number of hydrogen-bond donors (Lipinski definition) is 1. The van der Waals surface area contributed by atoms with Crippen LogP contribution in [0.5, 0.6) is 0 Å². The molecule has 1 aliphatic rings. The van der Waals surface area contributed by atoms with Gasteiger partial charge >= 0.3 is 0 Å². The standard InChI is InChI=1S/C9H14N4.2ClH/c1-4-11-9(12-5-1)13-7-2-3-10-6-8-13;;/h1,4-5,10H,2-3,6-8H2;2*1H. The Hall–Kier alpha value is -0.580. The zero-order valence-corrected chi connectivity index (χ0v) is 10.1. The summed E-state index contributed by atoms with van der Waals surface area (Å²) in [6.45, 7) is 4.18. The van der Waals surface area contributed by atoms with Crippen LogP contribution in [0.25, 0.3) is 0 Å². The van der Waals surface area contributed by atoms with Crippen LogP contribution in [-0.2, 0) is 0 Å². The molecule has 1 aromatic rings. The molecular formula is C9H16Cl2N4. The SMILES string of the molecule is Cl.Cl.c1cnc(N2CCCNCC2)nc1. The van der Waals surface area contributed by atoms with Gasteiger partial charge in [0.2, 0.25) is 5.95 Å². The number of aromatic nitrogens is 2. The van der Waals surface area contributed by atoms with Gasteiger partial charge in [0.25, 0.3) is 0 Å². The van der Waals surface area contributed by atoms with E-state index in [0.29, 0.717) is 0 Å². The Labute approximate surface area is 102 Å². The third-order valence-electron chi connectivity index (χ3n) is 2.18. The largest absolute Gasteiger partial charge is 0.340 e. The molecular weight excluding hydrogens is 235 g/mol. The Morgan fingerprint density at radius 2 is 1.80 bits per heavy atom. The number of nitrogens with zero attached hydrogens (tertiary/aromatic N) is 3. The van der Waals surface area contributed by atoms with Gasteiger partial charge in [0.15, 0.2) is 0 Å². The molecule has 1 fully saturated rings. The van der Waals surface area contributed by atoms with Crippen LogP contribution in [0.4, 0.5) is 5.95 Å². The lowest BCUT2D eigenvalue weighted by Gasteiger charge is -2.18. The Bertz CT molecular complexity index is 250. The van der Waals surface area contributed by atoms with Crippen LogP contribution in [0, 0.1) is 0 Å². The van der Waals surface area contributed by atoms with Crippen molar-refractivity contribution in [2.45, 2.75) is 6.42 Å². The number of rotatable bonds is 1. The predicted octanol–water partition coefficient (Wildman–Crippen LogP) is 1.12. The second-order valence-corrected chi connectivity index (χ2v) is 3.14. The first-order valence-corrected chi connectivity index (χ1v) is 4.69. The molecule has 0 bridgehead atoms.